The monoisotopic (exact) mass is 138 g/mol. The molecular formula is C9H14O. The standard InChI is InChI=1S/C9H14O/c1-2-3-5-8-6-4-7-9(8)10/h8-10H,2,4,6-7H2,1H3/t8-,9-/m1/s1. The molecule has 1 fully saturated rings. The van der Waals surface area contributed by atoms with Crippen molar-refractivity contribution in [1.29, 1.82) is 0 Å². The first kappa shape index (κ1) is 7.63. The van der Waals surface area contributed by atoms with Crippen LogP contribution in [-0.4, -0.2) is 11.2 Å². The van der Waals surface area contributed by atoms with E-state index in [1.807, 2.05) is 6.92 Å². The molecule has 0 unspecified atom stereocenters. The molecule has 0 heterocycles. The van der Waals surface area contributed by atoms with E-state index in [2.05, 4.69) is 11.8 Å². The molecular weight excluding hydrogens is 124 g/mol. The molecule has 1 saturated carbocycles. The number of aliphatic hydroxyl groups excluding tert-OH is 1. The minimum atomic E-state index is -0.140. The highest BCUT2D eigenvalue weighted by atomic mass is 16.3. The molecule has 0 aromatic carbocycles. The molecule has 1 heteroatoms. The Morgan fingerprint density at radius 1 is 1.50 bits per heavy atom. The van der Waals surface area contributed by atoms with E-state index in [0.717, 1.165) is 25.7 Å². The second-order valence-electron chi connectivity index (χ2n) is 2.78. The van der Waals surface area contributed by atoms with Crippen molar-refractivity contribution in [1.82, 2.24) is 0 Å². The van der Waals surface area contributed by atoms with Gasteiger partial charge in [0.2, 0.25) is 0 Å². The van der Waals surface area contributed by atoms with Crippen LogP contribution in [0.5, 0.6) is 0 Å². The summed E-state index contributed by atoms with van der Waals surface area (Å²) >= 11 is 0. The van der Waals surface area contributed by atoms with E-state index >= 15 is 0 Å². The third-order valence-electron chi connectivity index (χ3n) is 1.94. The van der Waals surface area contributed by atoms with Crippen LogP contribution in [0.1, 0.15) is 32.6 Å². The molecule has 0 amide bonds. The summed E-state index contributed by atoms with van der Waals surface area (Å²) < 4.78 is 0. The summed E-state index contributed by atoms with van der Waals surface area (Å²) in [5, 5.41) is 9.31. The van der Waals surface area contributed by atoms with Crippen LogP contribution < -0.4 is 0 Å². The molecule has 0 spiro atoms. The van der Waals surface area contributed by atoms with Gasteiger partial charge in [-0.25, -0.2) is 0 Å². The third-order valence-corrected chi connectivity index (χ3v) is 1.94. The smallest absolute Gasteiger partial charge is 0.0677 e. The summed E-state index contributed by atoms with van der Waals surface area (Å²) in [4.78, 5) is 0. The van der Waals surface area contributed by atoms with Crippen molar-refractivity contribution in [2.24, 2.45) is 5.92 Å². The van der Waals surface area contributed by atoms with Crippen LogP contribution in [0, 0.1) is 17.8 Å². The van der Waals surface area contributed by atoms with Crippen LogP contribution in [-0.2, 0) is 0 Å². The highest BCUT2D eigenvalue weighted by Gasteiger charge is 2.22. The first-order valence-electron chi connectivity index (χ1n) is 4.01. The minimum absolute atomic E-state index is 0.140. The lowest BCUT2D eigenvalue weighted by Crippen LogP contribution is -2.10. The summed E-state index contributed by atoms with van der Waals surface area (Å²) in [7, 11) is 0. The van der Waals surface area contributed by atoms with Gasteiger partial charge in [-0.2, -0.15) is 0 Å². The van der Waals surface area contributed by atoms with Crippen LogP contribution in [0.25, 0.3) is 0 Å². The van der Waals surface area contributed by atoms with Gasteiger partial charge < -0.3 is 5.11 Å². The first-order chi connectivity index (χ1) is 4.84. The zero-order valence-electron chi connectivity index (χ0n) is 6.43. The molecule has 0 bridgehead atoms. The zero-order valence-corrected chi connectivity index (χ0v) is 6.43. The maximum Gasteiger partial charge on any atom is 0.0677 e. The number of hydrogen-bond donors (Lipinski definition) is 1. The number of hydrogen-bond acceptors (Lipinski definition) is 1. The summed E-state index contributed by atoms with van der Waals surface area (Å²) in [6.45, 7) is 2.04. The van der Waals surface area contributed by atoms with Crippen LogP contribution in [0.3, 0.4) is 0 Å². The number of rotatable bonds is 0. The predicted molar refractivity (Wildman–Crippen MR) is 41.4 cm³/mol. The molecule has 0 aromatic rings. The number of aliphatic hydroxyl groups is 1. The van der Waals surface area contributed by atoms with Gasteiger partial charge in [-0.3, -0.25) is 0 Å². The lowest BCUT2D eigenvalue weighted by molar-refractivity contribution is 0.157. The van der Waals surface area contributed by atoms with Gasteiger partial charge in [0.05, 0.1) is 6.10 Å². The highest BCUT2D eigenvalue weighted by Crippen LogP contribution is 2.24. The van der Waals surface area contributed by atoms with Gasteiger partial charge in [0.25, 0.3) is 0 Å². The Morgan fingerprint density at radius 2 is 2.30 bits per heavy atom. The maximum absolute atomic E-state index is 9.31. The van der Waals surface area contributed by atoms with E-state index in [1.165, 1.54) is 0 Å². The molecule has 1 rings (SSSR count). The molecule has 1 aliphatic rings. The molecule has 10 heavy (non-hydrogen) atoms. The Bertz CT molecular complexity index is 152. The Kier molecular flexibility index (Phi) is 2.77. The van der Waals surface area contributed by atoms with Crippen LogP contribution in [0.15, 0.2) is 0 Å². The average Bonchev–Trinajstić information content (AvgIpc) is 2.31. The lowest BCUT2D eigenvalue weighted by Gasteiger charge is -2.04. The molecule has 1 nitrogen and oxygen atoms in total. The molecule has 56 valence electrons. The summed E-state index contributed by atoms with van der Waals surface area (Å²) in [5.74, 6) is 6.37. The SMILES string of the molecule is CCC#C[C@@H]1CCC[C@H]1O. The van der Waals surface area contributed by atoms with E-state index in [4.69, 9.17) is 0 Å². The van der Waals surface area contributed by atoms with Gasteiger partial charge in [0.15, 0.2) is 0 Å². The van der Waals surface area contributed by atoms with E-state index in [1.54, 1.807) is 0 Å². The molecule has 0 aliphatic heterocycles. The fourth-order valence-corrected chi connectivity index (χ4v) is 1.34. The predicted octanol–water partition coefficient (Wildman–Crippen LogP) is 1.56. The van der Waals surface area contributed by atoms with Gasteiger partial charge >= 0.3 is 0 Å². The largest absolute Gasteiger partial charge is 0.392 e. The topological polar surface area (TPSA) is 20.2 Å². The van der Waals surface area contributed by atoms with Crippen molar-refractivity contribution in [3.05, 3.63) is 0 Å². The zero-order chi connectivity index (χ0) is 7.40. The van der Waals surface area contributed by atoms with Crippen molar-refractivity contribution in [3.63, 3.8) is 0 Å². The Hall–Kier alpha value is -0.480. The second kappa shape index (κ2) is 3.63. The van der Waals surface area contributed by atoms with Gasteiger partial charge in [-0.15, -0.1) is 5.92 Å². The second-order valence-corrected chi connectivity index (χ2v) is 2.78. The summed E-state index contributed by atoms with van der Waals surface area (Å²) in [5.41, 5.74) is 0. The van der Waals surface area contributed by atoms with Gasteiger partial charge in [-0.1, -0.05) is 12.8 Å². The van der Waals surface area contributed by atoms with Crippen molar-refractivity contribution in [2.75, 3.05) is 0 Å². The van der Waals surface area contributed by atoms with Crippen LogP contribution >= 0.6 is 0 Å². The quantitative estimate of drug-likeness (QED) is 0.504. The first-order valence-corrected chi connectivity index (χ1v) is 4.01. The molecule has 0 radical (unpaired) electrons. The minimum Gasteiger partial charge on any atom is -0.392 e. The van der Waals surface area contributed by atoms with Gasteiger partial charge in [-0.05, 0) is 19.3 Å². The maximum atomic E-state index is 9.31. The molecule has 2 atom stereocenters. The van der Waals surface area contributed by atoms with Gasteiger partial charge in [0.1, 0.15) is 0 Å². The molecule has 1 aliphatic carbocycles. The Morgan fingerprint density at radius 3 is 2.80 bits per heavy atom. The normalized spacial score (nSPS) is 31.4. The average molecular weight is 138 g/mol. The van der Waals surface area contributed by atoms with Gasteiger partial charge in [0, 0.05) is 12.3 Å². The van der Waals surface area contributed by atoms with Crippen molar-refractivity contribution < 1.29 is 5.11 Å². The third kappa shape index (κ3) is 1.75. The van der Waals surface area contributed by atoms with E-state index in [9.17, 15) is 5.11 Å². The van der Waals surface area contributed by atoms with Crippen molar-refractivity contribution in [2.45, 2.75) is 38.7 Å². The summed E-state index contributed by atoms with van der Waals surface area (Å²) in [6.07, 6.45) is 3.95. The lowest BCUT2D eigenvalue weighted by atomic mass is 10.1. The van der Waals surface area contributed by atoms with Crippen LogP contribution in [0.2, 0.25) is 0 Å². The summed E-state index contributed by atoms with van der Waals surface area (Å²) in [6, 6.07) is 0. The Labute approximate surface area is 62.4 Å². The fraction of sp³-hybridized carbons (Fsp3) is 0.778. The fourth-order valence-electron chi connectivity index (χ4n) is 1.34. The molecule has 1 N–H and O–H groups in total. The highest BCUT2D eigenvalue weighted by molar-refractivity contribution is 5.06. The van der Waals surface area contributed by atoms with Crippen molar-refractivity contribution in [3.8, 4) is 11.8 Å². The van der Waals surface area contributed by atoms with Crippen molar-refractivity contribution >= 4 is 0 Å². The van der Waals surface area contributed by atoms with Crippen LogP contribution in [0.4, 0.5) is 0 Å². The van der Waals surface area contributed by atoms with E-state index in [0.29, 0.717) is 0 Å². The molecule has 0 aromatic heterocycles. The molecule has 0 saturated heterocycles. The van der Waals surface area contributed by atoms with E-state index in [-0.39, 0.29) is 12.0 Å². The van der Waals surface area contributed by atoms with E-state index < -0.39 is 0 Å². The Balaban J connectivity index is 2.40.